The molecular weight excluding hydrogens is 612 g/mol. The Hall–Kier alpha value is -3.12. The van der Waals surface area contributed by atoms with Crippen molar-refractivity contribution in [3.63, 3.8) is 0 Å². The lowest BCUT2D eigenvalue weighted by Gasteiger charge is -2.63. The lowest BCUT2D eigenvalue weighted by Crippen LogP contribution is -2.78. The topological polar surface area (TPSA) is 118 Å². The number of halogens is 1. The number of sulfonamides is 1. The maximum Gasteiger partial charge on any atom is 0.244 e. The zero-order valence-corrected chi connectivity index (χ0v) is 24.7. The van der Waals surface area contributed by atoms with Crippen molar-refractivity contribution in [1.29, 1.82) is 0 Å². The van der Waals surface area contributed by atoms with Crippen LogP contribution in [-0.2, 0) is 26.7 Å². The highest BCUT2D eigenvalue weighted by molar-refractivity contribution is 9.10. The second-order valence-corrected chi connectivity index (χ2v) is 14.0. The Balaban J connectivity index is 1.30. The number of ether oxygens (including phenoxy) is 2. The maximum atomic E-state index is 14.0. The predicted octanol–water partition coefficient (Wildman–Crippen LogP) is 3.79. The van der Waals surface area contributed by atoms with Crippen LogP contribution in [0, 0.1) is 0 Å². The minimum absolute atomic E-state index is 0.178. The summed E-state index contributed by atoms with van der Waals surface area (Å²) in [7, 11) is -2.34. The van der Waals surface area contributed by atoms with Crippen LogP contribution in [0.4, 0.5) is 0 Å². The lowest BCUT2D eigenvalue weighted by molar-refractivity contribution is -0.177. The third kappa shape index (κ3) is 3.78. The molecule has 4 aliphatic rings. The van der Waals surface area contributed by atoms with E-state index in [4.69, 9.17) is 13.9 Å². The molecule has 2 fully saturated rings. The van der Waals surface area contributed by atoms with E-state index in [1.807, 2.05) is 12.1 Å². The standard InChI is InChI=1S/C30H29BrN2O7S/c1-38-23-7-6-19-15-24-30(35)11-9-22(32-25(34)8-5-18-10-14-39-17-18)28-29(30,26(19)27(23)40-28)12-13-33(24)41(36,37)21-4-2-3-20(31)16-21/h2-8,10,14,16-17,22,24,28,35H,9,11-13,15H2,1H3,(H,32,34)/b8-5+/t22-,24-,28+,29+,30-/m1/s1. The van der Waals surface area contributed by atoms with E-state index < -0.39 is 39.2 Å². The van der Waals surface area contributed by atoms with Crippen molar-refractivity contribution in [2.75, 3.05) is 13.7 Å². The normalized spacial score (nSPS) is 30.1. The fourth-order valence-corrected chi connectivity index (χ4v) is 9.89. The quantitative estimate of drug-likeness (QED) is 0.394. The van der Waals surface area contributed by atoms with Crippen molar-refractivity contribution in [1.82, 2.24) is 9.62 Å². The molecule has 1 saturated carbocycles. The van der Waals surface area contributed by atoms with Gasteiger partial charge in [-0.05, 0) is 67.7 Å². The molecule has 2 N–H and O–H groups in total. The highest BCUT2D eigenvalue weighted by Gasteiger charge is 2.74. The molecule has 41 heavy (non-hydrogen) atoms. The average Bonchev–Trinajstić information content (AvgIpc) is 3.59. The van der Waals surface area contributed by atoms with Gasteiger partial charge in [-0.2, -0.15) is 4.31 Å². The van der Waals surface area contributed by atoms with Gasteiger partial charge in [0.2, 0.25) is 15.9 Å². The molecule has 9 nitrogen and oxygen atoms in total. The molecule has 2 aliphatic carbocycles. The summed E-state index contributed by atoms with van der Waals surface area (Å²) >= 11 is 3.39. The van der Waals surface area contributed by atoms with E-state index in [9.17, 15) is 18.3 Å². The second-order valence-electron chi connectivity index (χ2n) is 11.2. The van der Waals surface area contributed by atoms with Gasteiger partial charge in [-0.1, -0.05) is 28.1 Å². The maximum absolute atomic E-state index is 14.0. The SMILES string of the molecule is COc1ccc2c3c1O[C@H]1[C@H](NC(=O)/C=C/c4ccoc4)CC[C@@]4(O)[C@@H](C2)N(S(=O)(=O)c2cccc(Br)c2)CC[C@]314. The van der Waals surface area contributed by atoms with Crippen LogP contribution in [0.1, 0.15) is 36.0 Å². The number of nitrogens with zero attached hydrogens (tertiary/aromatic N) is 1. The molecule has 0 unspecified atom stereocenters. The third-order valence-electron chi connectivity index (χ3n) is 9.32. The number of aliphatic hydroxyl groups is 1. The second kappa shape index (κ2) is 9.45. The largest absolute Gasteiger partial charge is 0.493 e. The smallest absolute Gasteiger partial charge is 0.244 e. The summed E-state index contributed by atoms with van der Waals surface area (Å²) in [5, 5.41) is 15.8. The molecule has 1 saturated heterocycles. The number of rotatable bonds is 6. The third-order valence-corrected chi connectivity index (χ3v) is 11.7. The average molecular weight is 642 g/mol. The van der Waals surface area contributed by atoms with Crippen molar-refractivity contribution in [3.05, 3.63) is 82.2 Å². The first-order chi connectivity index (χ1) is 19.7. The molecular formula is C30H29BrN2O7S. The van der Waals surface area contributed by atoms with Gasteiger partial charge in [0, 0.05) is 28.2 Å². The van der Waals surface area contributed by atoms with Crippen LogP contribution in [-0.4, -0.2) is 61.2 Å². The zero-order valence-electron chi connectivity index (χ0n) is 22.2. The van der Waals surface area contributed by atoms with E-state index in [0.29, 0.717) is 41.7 Å². The van der Waals surface area contributed by atoms with Crippen LogP contribution < -0.4 is 14.8 Å². The summed E-state index contributed by atoms with van der Waals surface area (Å²) in [6.45, 7) is 0.207. The van der Waals surface area contributed by atoms with Crippen LogP contribution in [0.3, 0.4) is 0 Å². The van der Waals surface area contributed by atoms with Gasteiger partial charge < -0.3 is 24.3 Å². The van der Waals surface area contributed by atoms with E-state index in [1.54, 1.807) is 49.8 Å². The Labute approximate surface area is 246 Å². The summed E-state index contributed by atoms with van der Waals surface area (Å²) in [4.78, 5) is 13.2. The molecule has 1 aromatic heterocycles. The molecule has 1 amide bonds. The summed E-state index contributed by atoms with van der Waals surface area (Å²) in [6.07, 6.45) is 7.01. The number of amides is 1. The van der Waals surface area contributed by atoms with Crippen molar-refractivity contribution in [2.45, 2.75) is 59.8 Å². The van der Waals surface area contributed by atoms with E-state index in [0.717, 1.165) is 16.7 Å². The van der Waals surface area contributed by atoms with Crippen LogP contribution >= 0.6 is 15.9 Å². The number of nitrogens with one attached hydrogen (secondary N) is 1. The van der Waals surface area contributed by atoms with Gasteiger partial charge in [0.1, 0.15) is 6.10 Å². The first-order valence-electron chi connectivity index (χ1n) is 13.6. The number of benzene rings is 2. The molecule has 11 heteroatoms. The molecule has 214 valence electrons. The molecule has 7 rings (SSSR count). The summed E-state index contributed by atoms with van der Waals surface area (Å²) in [6, 6.07) is 11.1. The van der Waals surface area contributed by atoms with Crippen LogP contribution in [0.15, 0.2) is 74.9 Å². The minimum atomic E-state index is -3.91. The van der Waals surface area contributed by atoms with E-state index in [1.165, 1.54) is 16.6 Å². The molecule has 1 spiro atoms. The van der Waals surface area contributed by atoms with Gasteiger partial charge in [-0.25, -0.2) is 8.42 Å². The zero-order chi connectivity index (χ0) is 28.6. The first kappa shape index (κ1) is 26.8. The van der Waals surface area contributed by atoms with E-state index >= 15 is 0 Å². The first-order valence-corrected chi connectivity index (χ1v) is 15.8. The van der Waals surface area contributed by atoms with Crippen LogP contribution in [0.5, 0.6) is 11.5 Å². The van der Waals surface area contributed by atoms with Crippen molar-refractivity contribution in [3.8, 4) is 11.5 Å². The van der Waals surface area contributed by atoms with Gasteiger partial charge in [0.25, 0.3) is 0 Å². The van der Waals surface area contributed by atoms with Crippen LogP contribution in [0.2, 0.25) is 0 Å². The Morgan fingerprint density at radius 1 is 1.24 bits per heavy atom. The van der Waals surface area contributed by atoms with Crippen molar-refractivity contribution in [2.24, 2.45) is 0 Å². The number of furan rings is 1. The Kier molecular flexibility index (Phi) is 6.17. The number of hydrogen-bond donors (Lipinski definition) is 2. The number of carbonyl (C=O) groups is 1. The summed E-state index contributed by atoms with van der Waals surface area (Å²) < 4.78 is 47.5. The summed E-state index contributed by atoms with van der Waals surface area (Å²) in [5.74, 6) is 0.847. The monoisotopic (exact) mass is 640 g/mol. The van der Waals surface area contributed by atoms with Gasteiger partial charge in [-0.15, -0.1) is 0 Å². The fraction of sp³-hybridized carbons (Fsp3) is 0.367. The highest BCUT2D eigenvalue weighted by Crippen LogP contribution is 2.65. The van der Waals surface area contributed by atoms with Crippen molar-refractivity contribution < 1.29 is 32.2 Å². The van der Waals surface area contributed by atoms with Gasteiger partial charge in [-0.3, -0.25) is 4.79 Å². The van der Waals surface area contributed by atoms with Gasteiger partial charge >= 0.3 is 0 Å². The number of methoxy groups -OCH3 is 1. The highest BCUT2D eigenvalue weighted by atomic mass is 79.9. The molecule has 0 radical (unpaired) electrons. The molecule has 5 atom stereocenters. The molecule has 3 heterocycles. The fourth-order valence-electron chi connectivity index (χ4n) is 7.63. The molecule has 2 aliphatic heterocycles. The number of hydrogen-bond acceptors (Lipinski definition) is 7. The van der Waals surface area contributed by atoms with E-state index in [-0.39, 0.29) is 17.3 Å². The van der Waals surface area contributed by atoms with E-state index in [2.05, 4.69) is 21.2 Å². The number of carbonyl (C=O) groups excluding carboxylic acids is 1. The predicted molar refractivity (Wildman–Crippen MR) is 153 cm³/mol. The minimum Gasteiger partial charge on any atom is -0.493 e. The Bertz CT molecular complexity index is 1670. The van der Waals surface area contributed by atoms with Crippen LogP contribution in [0.25, 0.3) is 6.08 Å². The van der Waals surface area contributed by atoms with Gasteiger partial charge in [0.15, 0.2) is 11.5 Å². The Morgan fingerprint density at radius 2 is 2.10 bits per heavy atom. The Morgan fingerprint density at radius 3 is 2.85 bits per heavy atom. The molecule has 2 aromatic carbocycles. The van der Waals surface area contributed by atoms with Gasteiger partial charge in [0.05, 0.1) is 47.6 Å². The van der Waals surface area contributed by atoms with Crippen molar-refractivity contribution >= 4 is 37.9 Å². The molecule has 2 bridgehead atoms. The summed E-state index contributed by atoms with van der Waals surface area (Å²) in [5.41, 5.74) is 0.257. The number of piperidine rings is 1. The molecule has 3 aromatic rings. The lowest BCUT2D eigenvalue weighted by atomic mass is 9.48.